The number of rotatable bonds is 6. The summed E-state index contributed by atoms with van der Waals surface area (Å²) >= 11 is 3.66. The van der Waals surface area contributed by atoms with Crippen LogP contribution < -0.4 is 5.32 Å². The number of aliphatic carboxylic acids is 1. The molecule has 1 fully saturated rings. The van der Waals surface area contributed by atoms with Crippen molar-refractivity contribution >= 4 is 29.1 Å². The lowest BCUT2D eigenvalue weighted by atomic mass is 10.0. The van der Waals surface area contributed by atoms with Crippen LogP contribution in [0, 0.1) is 5.92 Å². The number of thioether (sulfide) groups is 1. The number of hydrogen-bond donors (Lipinski definition) is 2. The Morgan fingerprint density at radius 3 is 2.78 bits per heavy atom. The van der Waals surface area contributed by atoms with Gasteiger partial charge in [0, 0.05) is 16.3 Å². The van der Waals surface area contributed by atoms with E-state index in [0.717, 1.165) is 23.9 Å². The highest BCUT2D eigenvalue weighted by Gasteiger charge is 2.13. The summed E-state index contributed by atoms with van der Waals surface area (Å²) in [6.07, 6.45) is 2.79. The number of hydrogen-bond acceptors (Lipinski definition) is 4. The molecule has 0 spiro atoms. The monoisotopic (exact) mass is 285 g/mol. The summed E-state index contributed by atoms with van der Waals surface area (Å²) in [6, 6.07) is 3.96. The van der Waals surface area contributed by atoms with E-state index in [0.29, 0.717) is 0 Å². The second kappa shape index (κ2) is 7.16. The zero-order valence-corrected chi connectivity index (χ0v) is 12.0. The second-order valence-corrected chi connectivity index (χ2v) is 7.10. The summed E-state index contributed by atoms with van der Waals surface area (Å²) in [5, 5.41) is 12.2. The summed E-state index contributed by atoms with van der Waals surface area (Å²) < 4.78 is 0. The van der Waals surface area contributed by atoms with Crippen molar-refractivity contribution in [3.8, 4) is 0 Å². The third kappa shape index (κ3) is 4.63. The molecule has 0 saturated carbocycles. The summed E-state index contributed by atoms with van der Waals surface area (Å²) in [5.41, 5.74) is 0. The fourth-order valence-corrected chi connectivity index (χ4v) is 4.29. The van der Waals surface area contributed by atoms with Crippen LogP contribution in [0.25, 0.3) is 0 Å². The predicted molar refractivity (Wildman–Crippen MR) is 77.4 cm³/mol. The van der Waals surface area contributed by atoms with Gasteiger partial charge in [-0.2, -0.15) is 11.8 Å². The van der Waals surface area contributed by atoms with Gasteiger partial charge in [0.05, 0.1) is 6.42 Å². The topological polar surface area (TPSA) is 49.3 Å². The van der Waals surface area contributed by atoms with Crippen LogP contribution in [0.1, 0.15) is 22.6 Å². The van der Waals surface area contributed by atoms with Gasteiger partial charge in [0.1, 0.15) is 0 Å². The molecule has 1 saturated heterocycles. The molecule has 0 unspecified atom stereocenters. The number of carboxylic acid groups (broad SMARTS) is 1. The molecule has 2 heterocycles. The van der Waals surface area contributed by atoms with E-state index in [1.54, 1.807) is 11.3 Å². The molecule has 3 nitrogen and oxygen atoms in total. The Balaban J connectivity index is 1.69. The highest BCUT2D eigenvalue weighted by atomic mass is 32.2. The lowest BCUT2D eigenvalue weighted by molar-refractivity contribution is -0.136. The molecule has 18 heavy (non-hydrogen) atoms. The van der Waals surface area contributed by atoms with Gasteiger partial charge in [0.25, 0.3) is 0 Å². The molecule has 1 aliphatic heterocycles. The van der Waals surface area contributed by atoms with Crippen LogP contribution in [0.15, 0.2) is 12.1 Å². The molecule has 0 aliphatic carbocycles. The van der Waals surface area contributed by atoms with Crippen LogP contribution in [-0.4, -0.2) is 29.1 Å². The normalized spacial score (nSPS) is 16.9. The molecular weight excluding hydrogens is 266 g/mol. The lowest BCUT2D eigenvalue weighted by Gasteiger charge is -2.21. The summed E-state index contributed by atoms with van der Waals surface area (Å²) in [6.45, 7) is 1.96. The molecule has 0 bridgehead atoms. The quantitative estimate of drug-likeness (QED) is 0.843. The van der Waals surface area contributed by atoms with E-state index in [4.69, 9.17) is 5.11 Å². The first-order chi connectivity index (χ1) is 8.74. The molecule has 2 N–H and O–H groups in total. The lowest BCUT2D eigenvalue weighted by Crippen LogP contribution is -2.25. The zero-order valence-electron chi connectivity index (χ0n) is 10.4. The van der Waals surface area contributed by atoms with Crippen molar-refractivity contribution in [2.24, 2.45) is 5.92 Å². The van der Waals surface area contributed by atoms with Crippen molar-refractivity contribution in [3.05, 3.63) is 21.9 Å². The van der Waals surface area contributed by atoms with E-state index in [1.807, 2.05) is 12.1 Å². The Hall–Kier alpha value is -0.520. The van der Waals surface area contributed by atoms with Crippen molar-refractivity contribution in [1.29, 1.82) is 0 Å². The average molecular weight is 285 g/mol. The first-order valence-electron chi connectivity index (χ1n) is 6.32. The Labute approximate surface area is 116 Å². The van der Waals surface area contributed by atoms with Gasteiger partial charge in [-0.3, -0.25) is 4.79 Å². The van der Waals surface area contributed by atoms with Crippen LogP contribution >= 0.6 is 23.1 Å². The van der Waals surface area contributed by atoms with Crippen LogP contribution in [0.3, 0.4) is 0 Å². The SMILES string of the molecule is O=C(O)Cc1ccc(CNCC2CCSCC2)s1. The number of thiophene rings is 1. The van der Waals surface area contributed by atoms with E-state index in [2.05, 4.69) is 17.1 Å². The van der Waals surface area contributed by atoms with Crippen molar-refractivity contribution in [1.82, 2.24) is 5.32 Å². The van der Waals surface area contributed by atoms with Crippen LogP contribution in [0.2, 0.25) is 0 Å². The van der Waals surface area contributed by atoms with E-state index < -0.39 is 5.97 Å². The highest BCUT2D eigenvalue weighted by molar-refractivity contribution is 7.99. The van der Waals surface area contributed by atoms with Gasteiger partial charge in [-0.15, -0.1) is 11.3 Å². The Bertz CT molecular complexity index is 386. The standard InChI is InChI=1S/C13H19NO2S2/c15-13(16)7-11-1-2-12(18-11)9-14-8-10-3-5-17-6-4-10/h1-2,10,14H,3-9H2,(H,15,16). The highest BCUT2D eigenvalue weighted by Crippen LogP contribution is 2.22. The van der Waals surface area contributed by atoms with Gasteiger partial charge in [-0.1, -0.05) is 0 Å². The maximum absolute atomic E-state index is 10.6. The van der Waals surface area contributed by atoms with E-state index >= 15 is 0 Å². The van der Waals surface area contributed by atoms with Gasteiger partial charge in [-0.25, -0.2) is 0 Å². The minimum Gasteiger partial charge on any atom is -0.481 e. The number of carbonyl (C=O) groups is 1. The second-order valence-electron chi connectivity index (χ2n) is 4.63. The maximum Gasteiger partial charge on any atom is 0.308 e. The molecule has 5 heteroatoms. The van der Waals surface area contributed by atoms with Gasteiger partial charge < -0.3 is 10.4 Å². The Morgan fingerprint density at radius 1 is 1.33 bits per heavy atom. The molecule has 1 aliphatic rings. The van der Waals surface area contributed by atoms with Gasteiger partial charge in [0.2, 0.25) is 0 Å². The van der Waals surface area contributed by atoms with E-state index in [9.17, 15) is 4.79 Å². The minimum atomic E-state index is -0.754. The molecule has 1 aromatic rings. The first kappa shape index (κ1) is 13.9. The van der Waals surface area contributed by atoms with Gasteiger partial charge >= 0.3 is 5.97 Å². The van der Waals surface area contributed by atoms with Crippen LogP contribution in [-0.2, 0) is 17.8 Å². The van der Waals surface area contributed by atoms with Gasteiger partial charge in [-0.05, 0) is 48.9 Å². The fraction of sp³-hybridized carbons (Fsp3) is 0.615. The Kier molecular flexibility index (Phi) is 5.53. The molecular formula is C13H19NO2S2. The maximum atomic E-state index is 10.6. The van der Waals surface area contributed by atoms with E-state index in [-0.39, 0.29) is 6.42 Å². The van der Waals surface area contributed by atoms with Crippen molar-refractivity contribution in [2.45, 2.75) is 25.8 Å². The van der Waals surface area contributed by atoms with Gasteiger partial charge in [0.15, 0.2) is 0 Å². The summed E-state index contributed by atoms with van der Waals surface area (Å²) in [7, 11) is 0. The van der Waals surface area contributed by atoms with Crippen molar-refractivity contribution in [2.75, 3.05) is 18.1 Å². The van der Waals surface area contributed by atoms with Crippen LogP contribution in [0.5, 0.6) is 0 Å². The number of nitrogens with one attached hydrogen (secondary N) is 1. The van der Waals surface area contributed by atoms with E-state index in [1.165, 1.54) is 29.2 Å². The number of carboxylic acids is 1. The largest absolute Gasteiger partial charge is 0.481 e. The van der Waals surface area contributed by atoms with Crippen molar-refractivity contribution in [3.63, 3.8) is 0 Å². The fourth-order valence-electron chi connectivity index (χ4n) is 2.11. The molecule has 2 rings (SSSR count). The summed E-state index contributed by atoms with van der Waals surface area (Å²) in [5.74, 6) is 2.67. The molecule has 1 aromatic heterocycles. The molecule has 0 radical (unpaired) electrons. The third-order valence-corrected chi connectivity index (χ3v) is 5.25. The Morgan fingerprint density at radius 2 is 2.06 bits per heavy atom. The first-order valence-corrected chi connectivity index (χ1v) is 8.29. The molecule has 100 valence electrons. The average Bonchev–Trinajstić information content (AvgIpc) is 2.77. The van der Waals surface area contributed by atoms with Crippen molar-refractivity contribution < 1.29 is 9.90 Å². The smallest absolute Gasteiger partial charge is 0.308 e. The molecule has 0 aromatic carbocycles. The predicted octanol–water partition coefficient (Wildman–Crippen LogP) is 2.61. The zero-order chi connectivity index (χ0) is 12.8. The summed E-state index contributed by atoms with van der Waals surface area (Å²) in [4.78, 5) is 12.8. The third-order valence-electron chi connectivity index (χ3n) is 3.12. The molecule has 0 amide bonds. The molecule has 0 atom stereocenters. The minimum absolute atomic E-state index is 0.143. The van der Waals surface area contributed by atoms with Crippen LogP contribution in [0.4, 0.5) is 0 Å².